The largest absolute Gasteiger partial charge is 0.280 e. The molecule has 0 radical (unpaired) electrons. The maximum Gasteiger partial charge on any atom is 0.184 e. The van der Waals surface area contributed by atoms with Gasteiger partial charge in [0.1, 0.15) is 5.82 Å². The molecule has 0 aromatic carbocycles. The molecule has 2 rings (SSSR count). The predicted octanol–water partition coefficient (Wildman–Crippen LogP) is 1.52. The number of hydrogen-bond donors (Lipinski definition) is 1. The standard InChI is InChI=1S/C8H10N4.H2/c1-4-7-5(2)11-12-8(7)10-6(3)9-4;/h1-3H3,(H,9,10,11,12);1H. The van der Waals surface area contributed by atoms with Gasteiger partial charge >= 0.3 is 0 Å². The van der Waals surface area contributed by atoms with Crippen LogP contribution in [0.25, 0.3) is 11.0 Å². The van der Waals surface area contributed by atoms with Crippen LogP contribution in [0.4, 0.5) is 0 Å². The van der Waals surface area contributed by atoms with Crippen LogP contribution >= 0.6 is 0 Å². The molecule has 0 spiro atoms. The number of nitrogens with one attached hydrogen (secondary N) is 1. The maximum atomic E-state index is 4.26. The van der Waals surface area contributed by atoms with Gasteiger partial charge < -0.3 is 0 Å². The summed E-state index contributed by atoms with van der Waals surface area (Å²) < 4.78 is 0. The van der Waals surface area contributed by atoms with E-state index in [9.17, 15) is 0 Å². The smallest absolute Gasteiger partial charge is 0.184 e. The number of aromatic amines is 1. The van der Waals surface area contributed by atoms with Gasteiger partial charge in [-0.1, -0.05) is 0 Å². The Labute approximate surface area is 71.5 Å². The summed E-state index contributed by atoms with van der Waals surface area (Å²) in [4.78, 5) is 8.47. The van der Waals surface area contributed by atoms with Crippen molar-refractivity contribution in [2.45, 2.75) is 20.8 Å². The number of rotatable bonds is 0. The highest BCUT2D eigenvalue weighted by atomic mass is 15.2. The highest BCUT2D eigenvalue weighted by molar-refractivity contribution is 5.79. The Balaban J connectivity index is 0.000000845. The molecule has 0 aliphatic carbocycles. The van der Waals surface area contributed by atoms with Gasteiger partial charge in [0.2, 0.25) is 0 Å². The molecular weight excluding hydrogens is 152 g/mol. The van der Waals surface area contributed by atoms with Gasteiger partial charge in [0.15, 0.2) is 5.65 Å². The SMILES string of the molecule is Cc1nc(C)c2c(C)[nH]nc2n1.[HH]. The zero-order valence-corrected chi connectivity index (χ0v) is 7.34. The van der Waals surface area contributed by atoms with Crippen LogP contribution in [0.15, 0.2) is 0 Å². The van der Waals surface area contributed by atoms with E-state index in [4.69, 9.17) is 0 Å². The topological polar surface area (TPSA) is 54.5 Å². The van der Waals surface area contributed by atoms with E-state index in [0.29, 0.717) is 0 Å². The normalized spacial score (nSPS) is 10.9. The van der Waals surface area contributed by atoms with Gasteiger partial charge in [0.05, 0.1) is 11.1 Å². The molecule has 4 nitrogen and oxygen atoms in total. The fourth-order valence-electron chi connectivity index (χ4n) is 1.41. The average molecular weight is 164 g/mol. The van der Waals surface area contributed by atoms with Gasteiger partial charge in [0, 0.05) is 7.12 Å². The van der Waals surface area contributed by atoms with Crippen molar-refractivity contribution in [1.29, 1.82) is 0 Å². The minimum absolute atomic E-state index is 0. The van der Waals surface area contributed by atoms with Gasteiger partial charge in [-0.25, -0.2) is 9.97 Å². The Morgan fingerprint density at radius 3 is 2.67 bits per heavy atom. The summed E-state index contributed by atoms with van der Waals surface area (Å²) in [6, 6.07) is 0. The molecule has 4 heteroatoms. The highest BCUT2D eigenvalue weighted by Gasteiger charge is 2.06. The summed E-state index contributed by atoms with van der Waals surface area (Å²) in [5.41, 5.74) is 2.78. The van der Waals surface area contributed by atoms with Crippen LogP contribution in [-0.2, 0) is 0 Å². The lowest BCUT2D eigenvalue weighted by molar-refractivity contribution is 1.02. The van der Waals surface area contributed by atoms with Crippen molar-refractivity contribution in [2.24, 2.45) is 0 Å². The van der Waals surface area contributed by atoms with Crippen molar-refractivity contribution < 1.29 is 1.43 Å². The second-order valence-corrected chi connectivity index (χ2v) is 2.90. The highest BCUT2D eigenvalue weighted by Crippen LogP contribution is 2.15. The molecule has 2 aromatic rings. The van der Waals surface area contributed by atoms with Crippen molar-refractivity contribution in [3.05, 3.63) is 17.2 Å². The van der Waals surface area contributed by atoms with Crippen molar-refractivity contribution in [3.63, 3.8) is 0 Å². The fourth-order valence-corrected chi connectivity index (χ4v) is 1.41. The van der Waals surface area contributed by atoms with E-state index in [1.54, 1.807) is 0 Å². The van der Waals surface area contributed by atoms with E-state index in [0.717, 1.165) is 28.2 Å². The van der Waals surface area contributed by atoms with Crippen LogP contribution in [0.2, 0.25) is 0 Å². The third kappa shape index (κ3) is 0.879. The molecule has 2 aromatic heterocycles. The van der Waals surface area contributed by atoms with Crippen LogP contribution in [0, 0.1) is 20.8 Å². The van der Waals surface area contributed by atoms with Gasteiger partial charge in [0.25, 0.3) is 0 Å². The van der Waals surface area contributed by atoms with E-state index in [2.05, 4.69) is 20.2 Å². The first-order chi connectivity index (χ1) is 5.68. The molecule has 0 atom stereocenters. The quantitative estimate of drug-likeness (QED) is 0.642. The Hall–Kier alpha value is -1.45. The van der Waals surface area contributed by atoms with Crippen LogP contribution in [0.1, 0.15) is 18.6 Å². The first-order valence-electron chi connectivity index (χ1n) is 3.84. The minimum atomic E-state index is 0. The second kappa shape index (κ2) is 2.27. The number of nitrogens with zero attached hydrogens (tertiary/aromatic N) is 3. The molecule has 0 saturated carbocycles. The maximum absolute atomic E-state index is 4.26. The molecule has 12 heavy (non-hydrogen) atoms. The molecule has 0 bridgehead atoms. The monoisotopic (exact) mass is 164 g/mol. The molecular formula is C8H12N4. The van der Waals surface area contributed by atoms with Crippen molar-refractivity contribution in [3.8, 4) is 0 Å². The van der Waals surface area contributed by atoms with E-state index in [-0.39, 0.29) is 1.43 Å². The van der Waals surface area contributed by atoms with E-state index in [1.165, 1.54) is 0 Å². The van der Waals surface area contributed by atoms with Crippen LogP contribution in [0.3, 0.4) is 0 Å². The average Bonchev–Trinajstić information content (AvgIpc) is 2.31. The molecule has 0 saturated heterocycles. The molecule has 0 amide bonds. The first kappa shape index (κ1) is 7.21. The van der Waals surface area contributed by atoms with Crippen molar-refractivity contribution >= 4 is 11.0 Å². The van der Waals surface area contributed by atoms with Crippen molar-refractivity contribution in [2.75, 3.05) is 0 Å². The molecule has 2 heterocycles. The summed E-state index contributed by atoms with van der Waals surface area (Å²) in [5, 5.41) is 8.00. The third-order valence-electron chi connectivity index (χ3n) is 1.89. The molecule has 0 aliphatic rings. The van der Waals surface area contributed by atoms with Crippen LogP contribution in [-0.4, -0.2) is 20.2 Å². The molecule has 0 aliphatic heterocycles. The van der Waals surface area contributed by atoms with Gasteiger partial charge in [-0.2, -0.15) is 5.10 Å². The molecule has 64 valence electrons. The number of H-pyrrole nitrogens is 1. The summed E-state index contributed by atoms with van der Waals surface area (Å²) >= 11 is 0. The Morgan fingerprint density at radius 1 is 1.17 bits per heavy atom. The van der Waals surface area contributed by atoms with E-state index in [1.807, 2.05) is 20.8 Å². The number of aromatic nitrogens is 4. The second-order valence-electron chi connectivity index (χ2n) is 2.90. The molecule has 1 N–H and O–H groups in total. The number of aryl methyl sites for hydroxylation is 3. The Morgan fingerprint density at radius 2 is 1.92 bits per heavy atom. The Kier molecular flexibility index (Phi) is 1.36. The molecule has 0 unspecified atom stereocenters. The number of hydrogen-bond acceptors (Lipinski definition) is 3. The van der Waals surface area contributed by atoms with E-state index < -0.39 is 0 Å². The summed E-state index contributed by atoms with van der Waals surface area (Å²) in [6.45, 7) is 5.82. The van der Waals surface area contributed by atoms with Crippen LogP contribution in [0.5, 0.6) is 0 Å². The van der Waals surface area contributed by atoms with Crippen LogP contribution < -0.4 is 0 Å². The first-order valence-corrected chi connectivity index (χ1v) is 3.84. The van der Waals surface area contributed by atoms with Gasteiger partial charge in [-0.3, -0.25) is 5.10 Å². The third-order valence-corrected chi connectivity index (χ3v) is 1.89. The zero-order chi connectivity index (χ0) is 8.72. The molecule has 0 fully saturated rings. The summed E-state index contributed by atoms with van der Waals surface area (Å²) in [7, 11) is 0. The zero-order valence-electron chi connectivity index (χ0n) is 7.34. The lowest BCUT2D eigenvalue weighted by atomic mass is 10.2. The lowest BCUT2D eigenvalue weighted by Crippen LogP contribution is -1.91. The summed E-state index contributed by atoms with van der Waals surface area (Å²) in [5.74, 6) is 0.770. The lowest BCUT2D eigenvalue weighted by Gasteiger charge is -1.96. The summed E-state index contributed by atoms with van der Waals surface area (Å²) in [6.07, 6.45) is 0. The van der Waals surface area contributed by atoms with Gasteiger partial charge in [-0.15, -0.1) is 0 Å². The Bertz CT molecular complexity index is 435. The van der Waals surface area contributed by atoms with Gasteiger partial charge in [-0.05, 0) is 20.8 Å². The predicted molar refractivity (Wildman–Crippen MR) is 48.0 cm³/mol. The number of fused-ring (bicyclic) bond motifs is 1. The van der Waals surface area contributed by atoms with E-state index >= 15 is 0 Å². The minimum Gasteiger partial charge on any atom is -0.280 e. The van der Waals surface area contributed by atoms with Crippen molar-refractivity contribution in [1.82, 2.24) is 20.2 Å². The fraction of sp³-hybridized carbons (Fsp3) is 0.375.